The van der Waals surface area contributed by atoms with E-state index in [0.29, 0.717) is 23.2 Å². The van der Waals surface area contributed by atoms with E-state index in [9.17, 15) is 9.59 Å². The number of aromatic amines is 1. The fourth-order valence-corrected chi connectivity index (χ4v) is 4.34. The zero-order valence-corrected chi connectivity index (χ0v) is 14.0. The Morgan fingerprint density at radius 2 is 1.87 bits per heavy atom. The Balaban J connectivity index is 1.48. The maximum atomic E-state index is 12.8. The molecule has 5 nitrogen and oxygen atoms in total. The molecule has 0 spiro atoms. The minimum Gasteiger partial charge on any atom is -0.356 e. The van der Waals surface area contributed by atoms with Crippen molar-refractivity contribution in [2.75, 3.05) is 19.6 Å². The van der Waals surface area contributed by atoms with Crippen molar-refractivity contribution in [2.24, 2.45) is 11.3 Å². The van der Waals surface area contributed by atoms with Gasteiger partial charge in [-0.3, -0.25) is 9.59 Å². The molecule has 1 saturated carbocycles. The van der Waals surface area contributed by atoms with Crippen LogP contribution in [-0.4, -0.2) is 52.3 Å². The van der Waals surface area contributed by atoms with Gasteiger partial charge in [-0.05, 0) is 37.7 Å². The number of rotatable bonds is 3. The van der Waals surface area contributed by atoms with Crippen molar-refractivity contribution in [3.63, 3.8) is 0 Å². The summed E-state index contributed by atoms with van der Waals surface area (Å²) in [4.78, 5) is 32.1. The molecule has 1 aromatic rings. The Hall–Kier alpha value is -1.78. The number of likely N-dealkylation sites (tertiary alicyclic amines) is 2. The molecule has 3 fully saturated rings. The lowest BCUT2D eigenvalue weighted by atomic mass is 9.72. The predicted molar refractivity (Wildman–Crippen MR) is 87.3 cm³/mol. The number of hydrogen-bond donors (Lipinski definition) is 1. The first-order chi connectivity index (χ1) is 11.0. The summed E-state index contributed by atoms with van der Waals surface area (Å²) in [5, 5.41) is 0. The summed E-state index contributed by atoms with van der Waals surface area (Å²) in [7, 11) is 0. The third-order valence-corrected chi connectivity index (χ3v) is 5.60. The predicted octanol–water partition coefficient (Wildman–Crippen LogP) is 2.51. The third-order valence-electron chi connectivity index (χ3n) is 5.60. The molecule has 1 aliphatic carbocycles. The third kappa shape index (κ3) is 2.46. The zero-order chi connectivity index (χ0) is 16.2. The van der Waals surface area contributed by atoms with Gasteiger partial charge in [0.1, 0.15) is 5.69 Å². The highest BCUT2D eigenvalue weighted by molar-refractivity contribution is 5.99. The first kappa shape index (κ1) is 14.8. The van der Waals surface area contributed by atoms with E-state index in [1.165, 1.54) is 12.8 Å². The smallest absolute Gasteiger partial charge is 0.270 e. The topological polar surface area (TPSA) is 56.4 Å². The van der Waals surface area contributed by atoms with Crippen LogP contribution in [0.4, 0.5) is 0 Å². The summed E-state index contributed by atoms with van der Waals surface area (Å²) >= 11 is 0. The van der Waals surface area contributed by atoms with Gasteiger partial charge in [0, 0.05) is 37.3 Å². The Bertz CT molecular complexity index is 638. The molecule has 1 unspecified atom stereocenters. The Labute approximate surface area is 137 Å². The second-order valence-corrected chi connectivity index (χ2v) is 8.01. The summed E-state index contributed by atoms with van der Waals surface area (Å²) in [6.45, 7) is 6.96. The van der Waals surface area contributed by atoms with Gasteiger partial charge >= 0.3 is 0 Å². The molecule has 0 radical (unpaired) electrons. The molecule has 2 aliphatic heterocycles. The molecule has 124 valence electrons. The van der Waals surface area contributed by atoms with E-state index < -0.39 is 0 Å². The first-order valence-electron chi connectivity index (χ1n) is 8.76. The van der Waals surface area contributed by atoms with E-state index in [2.05, 4.69) is 18.8 Å². The van der Waals surface area contributed by atoms with Crippen LogP contribution in [0.25, 0.3) is 0 Å². The average Bonchev–Trinajstić information content (AvgIpc) is 3.02. The number of nitrogens with zero attached hydrogens (tertiary/aromatic N) is 2. The van der Waals surface area contributed by atoms with Crippen molar-refractivity contribution in [1.82, 2.24) is 14.8 Å². The van der Waals surface area contributed by atoms with Crippen LogP contribution in [0.5, 0.6) is 0 Å². The molecule has 3 aliphatic rings. The fraction of sp³-hybridized carbons (Fsp3) is 0.667. The Morgan fingerprint density at radius 1 is 1.17 bits per heavy atom. The molecule has 4 rings (SSSR count). The van der Waals surface area contributed by atoms with Gasteiger partial charge in [-0.1, -0.05) is 13.8 Å². The van der Waals surface area contributed by atoms with E-state index >= 15 is 0 Å². The summed E-state index contributed by atoms with van der Waals surface area (Å²) in [6, 6.07) is 2.10. The van der Waals surface area contributed by atoms with Gasteiger partial charge in [-0.15, -0.1) is 0 Å². The van der Waals surface area contributed by atoms with Gasteiger partial charge in [-0.25, -0.2) is 0 Å². The van der Waals surface area contributed by atoms with Crippen LogP contribution in [0.2, 0.25) is 0 Å². The lowest BCUT2D eigenvalue weighted by Crippen LogP contribution is -2.64. The number of nitrogens with one attached hydrogen (secondary N) is 1. The largest absolute Gasteiger partial charge is 0.356 e. The molecule has 2 amide bonds. The maximum Gasteiger partial charge on any atom is 0.270 e. The summed E-state index contributed by atoms with van der Waals surface area (Å²) < 4.78 is 0. The highest BCUT2D eigenvalue weighted by Gasteiger charge is 2.54. The van der Waals surface area contributed by atoms with E-state index in [0.717, 1.165) is 32.5 Å². The molecule has 3 heterocycles. The number of aromatic nitrogens is 1. The molecule has 1 aromatic heterocycles. The van der Waals surface area contributed by atoms with Crippen molar-refractivity contribution in [3.8, 4) is 0 Å². The van der Waals surface area contributed by atoms with Crippen LogP contribution in [0, 0.1) is 11.3 Å². The summed E-state index contributed by atoms with van der Waals surface area (Å²) in [6.07, 6.45) is 6.32. The van der Waals surface area contributed by atoms with Gasteiger partial charge in [-0.2, -0.15) is 0 Å². The number of carbonyl (C=O) groups excluding carboxylic acids is 2. The van der Waals surface area contributed by atoms with Gasteiger partial charge < -0.3 is 14.8 Å². The summed E-state index contributed by atoms with van der Waals surface area (Å²) in [5.41, 5.74) is 1.38. The van der Waals surface area contributed by atoms with Crippen LogP contribution < -0.4 is 0 Å². The lowest BCUT2D eigenvalue weighted by Gasteiger charge is -2.54. The average molecular weight is 315 g/mol. The van der Waals surface area contributed by atoms with Gasteiger partial charge in [0.15, 0.2) is 0 Å². The van der Waals surface area contributed by atoms with Gasteiger partial charge in [0.25, 0.3) is 11.8 Å². The van der Waals surface area contributed by atoms with E-state index in [1.54, 1.807) is 12.3 Å². The van der Waals surface area contributed by atoms with E-state index in [1.807, 2.05) is 9.80 Å². The van der Waals surface area contributed by atoms with Crippen LogP contribution in [0.15, 0.2) is 12.3 Å². The van der Waals surface area contributed by atoms with Crippen LogP contribution in [-0.2, 0) is 0 Å². The Kier molecular flexibility index (Phi) is 3.29. The van der Waals surface area contributed by atoms with E-state index in [-0.39, 0.29) is 17.2 Å². The zero-order valence-electron chi connectivity index (χ0n) is 14.0. The molecule has 2 saturated heterocycles. The fourth-order valence-electron chi connectivity index (χ4n) is 4.34. The highest BCUT2D eigenvalue weighted by Crippen LogP contribution is 2.50. The number of carbonyl (C=O) groups is 2. The summed E-state index contributed by atoms with van der Waals surface area (Å²) in [5.74, 6) is 0.759. The second-order valence-electron chi connectivity index (χ2n) is 8.01. The first-order valence-corrected chi connectivity index (χ1v) is 8.76. The number of H-pyrrole nitrogens is 1. The van der Waals surface area contributed by atoms with Crippen LogP contribution >= 0.6 is 0 Å². The van der Waals surface area contributed by atoms with Crippen molar-refractivity contribution in [1.29, 1.82) is 0 Å². The second kappa shape index (κ2) is 5.11. The van der Waals surface area contributed by atoms with Crippen molar-refractivity contribution in [2.45, 2.75) is 45.6 Å². The standard InChI is InChI=1S/C18H25N3O2/c1-18(2)11-21(15(18)12-5-6-12)16(22)13-9-14(19-10-13)17(23)20-7-3-4-8-20/h9-10,12,15,19H,3-8,11H2,1-2H3. The maximum absolute atomic E-state index is 12.8. The van der Waals surface area contributed by atoms with Gasteiger partial charge in [0.2, 0.25) is 0 Å². The van der Waals surface area contributed by atoms with E-state index in [4.69, 9.17) is 0 Å². The minimum absolute atomic E-state index is 0.0178. The molecule has 0 bridgehead atoms. The monoisotopic (exact) mass is 315 g/mol. The number of amides is 2. The van der Waals surface area contributed by atoms with Crippen LogP contribution in [0.1, 0.15) is 60.4 Å². The quantitative estimate of drug-likeness (QED) is 0.932. The van der Waals surface area contributed by atoms with Gasteiger partial charge in [0.05, 0.1) is 5.56 Å². The van der Waals surface area contributed by atoms with Crippen molar-refractivity contribution in [3.05, 3.63) is 23.5 Å². The SMILES string of the molecule is CC1(C)CN(C(=O)c2c[nH]c(C(=O)N3CCCC3)c2)C1C1CC1. The minimum atomic E-state index is 0.0178. The molecular formula is C18H25N3O2. The molecule has 5 heteroatoms. The molecular weight excluding hydrogens is 290 g/mol. The normalized spacial score (nSPS) is 26.3. The Morgan fingerprint density at radius 3 is 2.48 bits per heavy atom. The molecule has 1 N–H and O–H groups in total. The van der Waals surface area contributed by atoms with Crippen molar-refractivity contribution < 1.29 is 9.59 Å². The number of hydrogen-bond acceptors (Lipinski definition) is 2. The molecule has 1 atom stereocenters. The van der Waals surface area contributed by atoms with Crippen molar-refractivity contribution >= 4 is 11.8 Å². The lowest BCUT2D eigenvalue weighted by molar-refractivity contribution is -0.0409. The molecule has 0 aromatic carbocycles. The molecule has 23 heavy (non-hydrogen) atoms. The highest BCUT2D eigenvalue weighted by atomic mass is 16.2. The van der Waals surface area contributed by atoms with Crippen LogP contribution in [0.3, 0.4) is 0 Å².